The number of aryl methyl sites for hydroxylation is 1. The molecule has 0 bridgehead atoms. The second-order valence-electron chi connectivity index (χ2n) is 9.51. The number of benzene rings is 2. The van der Waals surface area contributed by atoms with Crippen molar-refractivity contribution in [2.75, 3.05) is 43.9 Å². The zero-order valence-electron chi connectivity index (χ0n) is 22.6. The van der Waals surface area contributed by atoms with Crippen LogP contribution in [-0.2, 0) is 11.8 Å². The summed E-state index contributed by atoms with van der Waals surface area (Å²) in [7, 11) is 3.82. The monoisotopic (exact) mass is 543 g/mol. The van der Waals surface area contributed by atoms with Crippen molar-refractivity contribution < 1.29 is 4.79 Å². The molecule has 10 nitrogen and oxygen atoms in total. The molecule has 1 atom stereocenters. The number of hydrogen-bond acceptors (Lipinski definition) is 9. The van der Waals surface area contributed by atoms with Gasteiger partial charge in [-0.05, 0) is 49.9 Å². The molecule has 202 valence electrons. The highest BCUT2D eigenvalue weighted by Gasteiger charge is 2.20. The lowest BCUT2D eigenvalue weighted by molar-refractivity contribution is -0.122. The smallest absolute Gasteiger partial charge is 0.210 e. The van der Waals surface area contributed by atoms with E-state index in [9.17, 15) is 4.79 Å². The van der Waals surface area contributed by atoms with E-state index in [1.807, 2.05) is 55.0 Å². The van der Waals surface area contributed by atoms with Crippen LogP contribution in [0.4, 0.5) is 17.2 Å². The van der Waals surface area contributed by atoms with Gasteiger partial charge in [-0.15, -0.1) is 11.3 Å². The first-order chi connectivity index (χ1) is 19.0. The summed E-state index contributed by atoms with van der Waals surface area (Å²) in [6.07, 6.45) is 4.47. The third-order valence-corrected chi connectivity index (χ3v) is 7.76. The normalized spacial score (nSPS) is 15.7. The van der Waals surface area contributed by atoms with Gasteiger partial charge in [0.25, 0.3) is 0 Å². The topological polar surface area (TPSA) is 104 Å². The van der Waals surface area contributed by atoms with Crippen LogP contribution in [0, 0.1) is 0 Å². The number of amides is 1. The van der Waals surface area contributed by atoms with E-state index >= 15 is 0 Å². The number of likely N-dealkylation sites (N-methyl/N-ethyl adjacent to an activating group) is 1. The first-order valence-corrected chi connectivity index (χ1v) is 13.9. The molecule has 5 aromatic rings. The lowest BCUT2D eigenvalue weighted by Crippen LogP contribution is -2.50. The Bertz CT molecular complexity index is 1580. The van der Waals surface area contributed by atoms with E-state index in [0.717, 1.165) is 82.2 Å². The van der Waals surface area contributed by atoms with E-state index in [2.05, 4.69) is 61.6 Å². The van der Waals surface area contributed by atoms with Gasteiger partial charge in [-0.25, -0.2) is 15.0 Å². The van der Waals surface area contributed by atoms with Crippen LogP contribution in [-0.4, -0.2) is 80.2 Å². The summed E-state index contributed by atoms with van der Waals surface area (Å²) >= 11 is 1.62. The van der Waals surface area contributed by atoms with E-state index in [0.29, 0.717) is 6.04 Å². The van der Waals surface area contributed by atoms with E-state index in [-0.39, 0.29) is 0 Å². The lowest BCUT2D eigenvalue weighted by atomic mass is 10.1. The molecule has 1 unspecified atom stereocenters. The van der Waals surface area contributed by atoms with E-state index in [1.165, 1.54) is 0 Å². The van der Waals surface area contributed by atoms with Gasteiger partial charge in [0.15, 0.2) is 0 Å². The Labute approximate surface area is 231 Å². The standard InChI is InChI=1S/C20H17N7S.C8H16N2O/c1-21-17-9-14-18(8-13(17)15-5-6-27(2)26-15)22-10-23-20(14)25-12-3-4-16-19(7-12)28-11-24-16;1-3-9-4-5-10(7-11)8(2)6-9/h3-11,21H,1-2H3,(H,22,23,25);7-8H,3-6H2,1-2H3. The Morgan fingerprint density at radius 2 is 1.97 bits per heavy atom. The van der Waals surface area contributed by atoms with Crippen molar-refractivity contribution in [2.24, 2.45) is 7.05 Å². The minimum Gasteiger partial charge on any atom is -0.388 e. The van der Waals surface area contributed by atoms with Gasteiger partial charge in [0.05, 0.1) is 26.9 Å². The molecule has 1 aliphatic heterocycles. The van der Waals surface area contributed by atoms with E-state index in [1.54, 1.807) is 22.3 Å². The number of hydrogen-bond donors (Lipinski definition) is 2. The molecule has 0 saturated carbocycles. The van der Waals surface area contributed by atoms with Gasteiger partial charge in [0.1, 0.15) is 12.1 Å². The van der Waals surface area contributed by atoms with Crippen molar-refractivity contribution in [1.82, 2.24) is 34.5 Å². The van der Waals surface area contributed by atoms with Crippen LogP contribution in [0.15, 0.2) is 54.4 Å². The fourth-order valence-electron chi connectivity index (χ4n) is 4.74. The van der Waals surface area contributed by atoms with Gasteiger partial charge in [-0.2, -0.15) is 5.10 Å². The molecule has 1 aliphatic rings. The highest BCUT2D eigenvalue weighted by Crippen LogP contribution is 2.34. The Hall–Kier alpha value is -4.09. The van der Waals surface area contributed by atoms with Crippen LogP contribution < -0.4 is 10.6 Å². The Balaban J connectivity index is 0.000000237. The molecule has 0 aliphatic carbocycles. The summed E-state index contributed by atoms with van der Waals surface area (Å²) < 4.78 is 2.93. The fraction of sp³-hybridized carbons (Fsp3) is 0.321. The molecular weight excluding hydrogens is 510 g/mol. The summed E-state index contributed by atoms with van der Waals surface area (Å²) in [5.41, 5.74) is 7.56. The van der Waals surface area contributed by atoms with Gasteiger partial charge < -0.3 is 15.5 Å². The highest BCUT2D eigenvalue weighted by atomic mass is 32.1. The fourth-order valence-corrected chi connectivity index (χ4v) is 5.46. The van der Waals surface area contributed by atoms with Crippen molar-refractivity contribution >= 4 is 56.1 Å². The second kappa shape index (κ2) is 11.7. The van der Waals surface area contributed by atoms with Crippen molar-refractivity contribution in [3.05, 3.63) is 54.4 Å². The molecule has 3 aromatic heterocycles. The molecule has 2 aromatic carbocycles. The average molecular weight is 544 g/mol. The largest absolute Gasteiger partial charge is 0.388 e. The van der Waals surface area contributed by atoms with E-state index < -0.39 is 0 Å². The predicted molar refractivity (Wildman–Crippen MR) is 159 cm³/mol. The number of carbonyl (C=O) groups excluding carboxylic acids is 1. The number of aromatic nitrogens is 5. The third-order valence-electron chi connectivity index (χ3n) is 6.97. The lowest BCUT2D eigenvalue weighted by Gasteiger charge is -2.37. The van der Waals surface area contributed by atoms with Crippen molar-refractivity contribution in [3.8, 4) is 11.3 Å². The Kier molecular flexibility index (Phi) is 7.99. The summed E-state index contributed by atoms with van der Waals surface area (Å²) in [6.45, 7) is 8.28. The molecule has 0 radical (unpaired) electrons. The molecule has 4 heterocycles. The van der Waals surface area contributed by atoms with Gasteiger partial charge in [0.2, 0.25) is 6.41 Å². The third kappa shape index (κ3) is 5.84. The van der Waals surface area contributed by atoms with Gasteiger partial charge in [0, 0.05) is 68.3 Å². The molecule has 1 amide bonds. The first kappa shape index (κ1) is 26.5. The number of fused-ring (bicyclic) bond motifs is 2. The van der Waals surface area contributed by atoms with Gasteiger partial charge >= 0.3 is 0 Å². The number of anilines is 3. The van der Waals surface area contributed by atoms with Crippen LogP contribution in [0.25, 0.3) is 32.4 Å². The highest BCUT2D eigenvalue weighted by molar-refractivity contribution is 7.16. The summed E-state index contributed by atoms with van der Waals surface area (Å²) in [6, 6.07) is 12.6. The zero-order valence-corrected chi connectivity index (χ0v) is 23.4. The molecule has 6 rings (SSSR count). The van der Waals surface area contributed by atoms with Crippen molar-refractivity contribution in [2.45, 2.75) is 19.9 Å². The van der Waals surface area contributed by atoms with Crippen LogP contribution in [0.5, 0.6) is 0 Å². The van der Waals surface area contributed by atoms with Crippen LogP contribution >= 0.6 is 11.3 Å². The Morgan fingerprint density at radius 3 is 2.69 bits per heavy atom. The van der Waals surface area contributed by atoms with Gasteiger partial charge in [-0.1, -0.05) is 6.92 Å². The molecule has 1 saturated heterocycles. The minimum atomic E-state index is 0.390. The molecule has 2 N–H and O–H groups in total. The minimum absolute atomic E-state index is 0.390. The quantitative estimate of drug-likeness (QED) is 0.300. The summed E-state index contributed by atoms with van der Waals surface area (Å²) in [5.74, 6) is 0.762. The zero-order chi connectivity index (χ0) is 27.4. The molecule has 39 heavy (non-hydrogen) atoms. The maximum atomic E-state index is 10.5. The summed E-state index contributed by atoms with van der Waals surface area (Å²) in [4.78, 5) is 28.0. The number of carbonyl (C=O) groups is 1. The van der Waals surface area contributed by atoms with Crippen molar-refractivity contribution in [3.63, 3.8) is 0 Å². The molecule has 0 spiro atoms. The maximum absolute atomic E-state index is 10.5. The predicted octanol–water partition coefficient (Wildman–Crippen LogP) is 4.59. The number of thiazole rings is 1. The number of piperazine rings is 1. The molecule has 11 heteroatoms. The first-order valence-electron chi connectivity index (χ1n) is 13.0. The number of nitrogens with one attached hydrogen (secondary N) is 2. The maximum Gasteiger partial charge on any atom is 0.210 e. The number of nitrogens with zero attached hydrogens (tertiary/aromatic N) is 7. The Morgan fingerprint density at radius 1 is 1.10 bits per heavy atom. The van der Waals surface area contributed by atoms with Crippen molar-refractivity contribution in [1.29, 1.82) is 0 Å². The van der Waals surface area contributed by atoms with Crippen LogP contribution in [0.3, 0.4) is 0 Å². The second-order valence-corrected chi connectivity index (χ2v) is 10.4. The SMILES string of the molecule is CCN1CCN(C=O)C(C)C1.CNc1cc2c(Nc3ccc4ncsc4c3)ncnc2cc1-c1ccn(C)n1. The number of rotatable bonds is 6. The average Bonchev–Trinajstić information content (AvgIpc) is 3.61. The van der Waals surface area contributed by atoms with Gasteiger partial charge in [-0.3, -0.25) is 14.4 Å². The molecular formula is C28H33N9OS. The van der Waals surface area contributed by atoms with Crippen LogP contribution in [0.1, 0.15) is 13.8 Å². The van der Waals surface area contributed by atoms with Crippen LogP contribution in [0.2, 0.25) is 0 Å². The van der Waals surface area contributed by atoms with E-state index in [4.69, 9.17) is 0 Å². The summed E-state index contributed by atoms with van der Waals surface area (Å²) in [5, 5.41) is 12.2. The molecule has 1 fully saturated rings.